The summed E-state index contributed by atoms with van der Waals surface area (Å²) < 4.78 is 24.2. The molecule has 0 rings (SSSR count). The molecule has 0 amide bonds. The van der Waals surface area contributed by atoms with Crippen LogP contribution in [0.15, 0.2) is 0 Å². The molecule has 0 saturated carbocycles. The Kier molecular flexibility index (Phi) is 4.87. The zero-order valence-electron chi connectivity index (χ0n) is 6.10. The zero-order valence-corrected chi connectivity index (χ0v) is 6.10. The minimum Gasteiger partial charge on any atom is -0.387 e. The van der Waals surface area contributed by atoms with Crippen LogP contribution in [0, 0.1) is 0 Å². The van der Waals surface area contributed by atoms with Gasteiger partial charge in [-0.05, 0) is 0 Å². The lowest BCUT2D eigenvalue weighted by Gasteiger charge is -2.19. The fraction of sp³-hybridized carbons (Fsp3) is 0.833. The molecule has 0 spiro atoms. The van der Waals surface area contributed by atoms with Gasteiger partial charge < -0.3 is 20.1 Å². The molecular weight excluding hydrogens is 174 g/mol. The Morgan fingerprint density at radius 2 is 1.83 bits per heavy atom. The first kappa shape index (κ1) is 11.4. The highest BCUT2D eigenvalue weighted by molar-refractivity contribution is 5.56. The minimum absolute atomic E-state index is 0.0950. The van der Waals surface area contributed by atoms with E-state index in [1.165, 1.54) is 0 Å². The molecule has 0 heterocycles. The van der Waals surface area contributed by atoms with E-state index in [0.717, 1.165) is 0 Å². The molecule has 0 aromatic carbocycles. The molecular formula is C6H10F2O4. The van der Waals surface area contributed by atoms with Crippen molar-refractivity contribution in [2.45, 2.75) is 24.5 Å². The summed E-state index contributed by atoms with van der Waals surface area (Å²) in [4.78, 5) is 9.81. The van der Waals surface area contributed by atoms with Gasteiger partial charge in [0.15, 0.2) is 12.5 Å². The first-order valence-corrected chi connectivity index (χ1v) is 3.24. The summed E-state index contributed by atoms with van der Waals surface area (Å²) in [6, 6.07) is 0. The van der Waals surface area contributed by atoms with Crippen molar-refractivity contribution < 1.29 is 28.9 Å². The minimum atomic E-state index is -2.37. The monoisotopic (exact) mass is 184 g/mol. The van der Waals surface area contributed by atoms with E-state index in [1.807, 2.05) is 0 Å². The highest BCUT2D eigenvalue weighted by atomic mass is 19.1. The van der Waals surface area contributed by atoms with Crippen molar-refractivity contribution in [3.8, 4) is 0 Å². The van der Waals surface area contributed by atoms with Gasteiger partial charge in [0.05, 0.1) is 0 Å². The molecule has 0 aliphatic carbocycles. The first-order valence-electron chi connectivity index (χ1n) is 3.24. The predicted octanol–water partition coefficient (Wildman–Crippen LogP) is -1.42. The number of halogens is 2. The van der Waals surface area contributed by atoms with Crippen LogP contribution in [-0.4, -0.2) is 52.8 Å². The Bertz CT molecular complexity index is 144. The van der Waals surface area contributed by atoms with Crippen molar-refractivity contribution in [2.75, 3.05) is 6.67 Å². The quantitative estimate of drug-likeness (QED) is 0.458. The van der Waals surface area contributed by atoms with E-state index in [-0.39, 0.29) is 6.29 Å². The number of carbonyl (C=O) groups is 1. The molecule has 0 fully saturated rings. The molecule has 72 valence electrons. The van der Waals surface area contributed by atoms with Crippen molar-refractivity contribution >= 4 is 6.29 Å². The van der Waals surface area contributed by atoms with Gasteiger partial charge in [-0.2, -0.15) is 0 Å². The van der Waals surface area contributed by atoms with Crippen molar-refractivity contribution in [3.05, 3.63) is 0 Å². The van der Waals surface area contributed by atoms with Crippen molar-refractivity contribution in [1.82, 2.24) is 0 Å². The smallest absolute Gasteiger partial charge is 0.157 e. The van der Waals surface area contributed by atoms with Crippen molar-refractivity contribution in [2.24, 2.45) is 0 Å². The second-order valence-electron chi connectivity index (χ2n) is 2.28. The summed E-state index contributed by atoms with van der Waals surface area (Å²) in [5, 5.41) is 25.8. The second-order valence-corrected chi connectivity index (χ2v) is 2.28. The lowest BCUT2D eigenvalue weighted by atomic mass is 10.1. The lowest BCUT2D eigenvalue weighted by Crippen LogP contribution is -2.43. The molecule has 0 saturated heterocycles. The number of hydrogen-bond acceptors (Lipinski definition) is 4. The molecule has 4 atom stereocenters. The van der Waals surface area contributed by atoms with Gasteiger partial charge in [0.1, 0.15) is 25.0 Å². The van der Waals surface area contributed by atoms with Crippen LogP contribution < -0.4 is 0 Å². The summed E-state index contributed by atoms with van der Waals surface area (Å²) in [6.07, 6.45) is -8.51. The van der Waals surface area contributed by atoms with Gasteiger partial charge in [0.25, 0.3) is 0 Å². The fourth-order valence-electron chi connectivity index (χ4n) is 0.582. The standard InChI is InChI=1S/C6H10F2O4/c7-1-3(10)5(8)6(12)4(11)2-9/h2-6,10-12H,1H2/t3-,4+,5+,6-/m1/s1. The third-order valence-corrected chi connectivity index (χ3v) is 1.34. The maximum atomic E-state index is 12.6. The molecule has 12 heavy (non-hydrogen) atoms. The van der Waals surface area contributed by atoms with Crippen LogP contribution in [0.3, 0.4) is 0 Å². The first-order chi connectivity index (χ1) is 5.54. The van der Waals surface area contributed by atoms with E-state index in [2.05, 4.69) is 0 Å². The molecule has 6 heteroatoms. The van der Waals surface area contributed by atoms with Gasteiger partial charge in [-0.3, -0.25) is 0 Å². The number of aliphatic hydroxyl groups is 3. The SMILES string of the molecule is O=C[C@H](O)[C@@H](O)[C@@H](F)[C@H](O)CF. The van der Waals surface area contributed by atoms with Crippen LogP contribution in [0.5, 0.6) is 0 Å². The van der Waals surface area contributed by atoms with Crippen molar-refractivity contribution in [1.29, 1.82) is 0 Å². The second kappa shape index (κ2) is 5.13. The maximum Gasteiger partial charge on any atom is 0.157 e. The number of aliphatic hydroxyl groups excluding tert-OH is 3. The third kappa shape index (κ3) is 2.80. The average molecular weight is 184 g/mol. The van der Waals surface area contributed by atoms with Crippen LogP contribution in [-0.2, 0) is 4.79 Å². The molecule has 0 unspecified atom stereocenters. The molecule has 4 nitrogen and oxygen atoms in total. The summed E-state index contributed by atoms with van der Waals surface area (Å²) in [5.41, 5.74) is 0. The molecule has 0 aliphatic heterocycles. The highest BCUT2D eigenvalue weighted by Crippen LogP contribution is 2.08. The highest BCUT2D eigenvalue weighted by Gasteiger charge is 2.31. The number of aldehydes is 1. The molecule has 0 bridgehead atoms. The van der Waals surface area contributed by atoms with E-state index in [4.69, 9.17) is 15.3 Å². The molecule has 0 aromatic rings. The Hall–Kier alpha value is -0.590. The van der Waals surface area contributed by atoms with Crippen LogP contribution >= 0.6 is 0 Å². The summed E-state index contributed by atoms with van der Waals surface area (Å²) in [7, 11) is 0. The van der Waals surface area contributed by atoms with Gasteiger partial charge in [0, 0.05) is 0 Å². The van der Waals surface area contributed by atoms with Crippen molar-refractivity contribution in [3.63, 3.8) is 0 Å². The molecule has 3 N–H and O–H groups in total. The molecule has 0 radical (unpaired) electrons. The normalized spacial score (nSPS) is 21.1. The maximum absolute atomic E-state index is 12.6. The molecule has 0 aromatic heterocycles. The van der Waals surface area contributed by atoms with Gasteiger partial charge in [-0.25, -0.2) is 8.78 Å². The van der Waals surface area contributed by atoms with Crippen LogP contribution in [0.1, 0.15) is 0 Å². The lowest BCUT2D eigenvalue weighted by molar-refractivity contribution is -0.127. The van der Waals surface area contributed by atoms with Crippen LogP contribution in [0.4, 0.5) is 8.78 Å². The number of alkyl halides is 2. The summed E-state index contributed by atoms with van der Waals surface area (Å²) in [5.74, 6) is 0. The van der Waals surface area contributed by atoms with Crippen LogP contribution in [0.25, 0.3) is 0 Å². The van der Waals surface area contributed by atoms with E-state index >= 15 is 0 Å². The Morgan fingerprint density at radius 1 is 1.33 bits per heavy atom. The Labute approximate surface area is 67.4 Å². The van der Waals surface area contributed by atoms with Gasteiger partial charge >= 0.3 is 0 Å². The van der Waals surface area contributed by atoms with Crippen LogP contribution in [0.2, 0.25) is 0 Å². The van der Waals surface area contributed by atoms with E-state index in [9.17, 15) is 13.6 Å². The van der Waals surface area contributed by atoms with Gasteiger partial charge in [-0.1, -0.05) is 0 Å². The fourth-order valence-corrected chi connectivity index (χ4v) is 0.582. The zero-order chi connectivity index (χ0) is 9.72. The largest absolute Gasteiger partial charge is 0.387 e. The van der Waals surface area contributed by atoms with E-state index in [0.29, 0.717) is 0 Å². The summed E-state index contributed by atoms with van der Waals surface area (Å²) >= 11 is 0. The van der Waals surface area contributed by atoms with Gasteiger partial charge in [0.2, 0.25) is 0 Å². The van der Waals surface area contributed by atoms with E-state index < -0.39 is 31.2 Å². The Morgan fingerprint density at radius 3 is 2.17 bits per heavy atom. The van der Waals surface area contributed by atoms with E-state index in [1.54, 1.807) is 0 Å². The third-order valence-electron chi connectivity index (χ3n) is 1.34. The Balaban J connectivity index is 4.07. The topological polar surface area (TPSA) is 77.8 Å². The average Bonchev–Trinajstić information content (AvgIpc) is 2.12. The number of rotatable bonds is 5. The number of carbonyl (C=O) groups excluding carboxylic acids is 1. The molecule has 0 aliphatic rings. The van der Waals surface area contributed by atoms with Gasteiger partial charge in [-0.15, -0.1) is 0 Å². The summed E-state index contributed by atoms with van der Waals surface area (Å²) in [6.45, 7) is -1.39. The number of hydrogen-bond donors (Lipinski definition) is 3. The predicted molar refractivity (Wildman–Crippen MR) is 35.0 cm³/mol.